The second kappa shape index (κ2) is 36.2. The number of ether oxygens (including phenoxy) is 9. The summed E-state index contributed by atoms with van der Waals surface area (Å²) in [5.74, 6) is -0.454. The van der Waals surface area contributed by atoms with Crippen molar-refractivity contribution in [2.24, 2.45) is 0 Å². The zero-order chi connectivity index (χ0) is 49.0. The molecular formula is C48H78N4O15S. The van der Waals surface area contributed by atoms with Gasteiger partial charge in [0.25, 0.3) is 0 Å². The van der Waals surface area contributed by atoms with E-state index >= 15 is 0 Å². The molecule has 19 nitrogen and oxygen atoms in total. The Morgan fingerprint density at radius 3 is 1.43 bits per heavy atom. The Balaban J connectivity index is 0.945. The molecule has 0 atom stereocenters. The number of nitrogens with zero attached hydrogens (tertiary/aromatic N) is 1. The predicted octanol–water partition coefficient (Wildman–Crippen LogP) is 3.24. The SMILES string of the molecule is C[N+](C)(CCCC(=O)NCCOCCOCCOCCOCCOCCOCCOCCOCCC(=O)NCCCCCNC(=O)OCC1c2ccccc2-c2ccccc21)CCCS(=O)(=O)[O-]. The second-order valence-corrected chi connectivity index (χ2v) is 18.3. The maximum atomic E-state index is 12.3. The summed E-state index contributed by atoms with van der Waals surface area (Å²) in [6.45, 7) is 9.83. The van der Waals surface area contributed by atoms with Gasteiger partial charge in [-0.3, -0.25) is 9.59 Å². The largest absolute Gasteiger partial charge is 0.748 e. The van der Waals surface area contributed by atoms with E-state index in [1.165, 1.54) is 22.3 Å². The molecular weight excluding hydrogens is 905 g/mol. The molecule has 0 radical (unpaired) electrons. The minimum absolute atomic E-state index is 0.0351. The molecule has 0 aromatic heterocycles. The van der Waals surface area contributed by atoms with Gasteiger partial charge in [-0.05, 0) is 41.5 Å². The molecule has 3 amide bonds. The second-order valence-electron chi connectivity index (χ2n) is 16.8. The van der Waals surface area contributed by atoms with Crippen LogP contribution in [0.2, 0.25) is 0 Å². The van der Waals surface area contributed by atoms with Crippen molar-refractivity contribution in [1.82, 2.24) is 16.0 Å². The molecule has 3 N–H and O–H groups in total. The summed E-state index contributed by atoms with van der Waals surface area (Å²) in [4.78, 5) is 36.5. The molecule has 20 heteroatoms. The summed E-state index contributed by atoms with van der Waals surface area (Å²) in [6, 6.07) is 16.5. The van der Waals surface area contributed by atoms with E-state index in [1.807, 2.05) is 38.4 Å². The van der Waals surface area contributed by atoms with Crippen molar-refractivity contribution in [1.29, 1.82) is 0 Å². The van der Waals surface area contributed by atoms with Gasteiger partial charge in [0.1, 0.15) is 6.61 Å². The molecule has 0 aliphatic heterocycles. The summed E-state index contributed by atoms with van der Waals surface area (Å²) >= 11 is 0. The van der Waals surface area contributed by atoms with Gasteiger partial charge in [-0.15, -0.1) is 0 Å². The molecule has 0 bridgehead atoms. The fourth-order valence-electron chi connectivity index (χ4n) is 7.19. The maximum Gasteiger partial charge on any atom is 0.407 e. The molecule has 2 aromatic rings. The van der Waals surface area contributed by atoms with Crippen LogP contribution in [0.1, 0.15) is 62.0 Å². The number of benzene rings is 2. The van der Waals surface area contributed by atoms with Crippen molar-refractivity contribution in [2.45, 2.75) is 50.9 Å². The molecule has 0 fully saturated rings. The number of hydrogen-bond donors (Lipinski definition) is 3. The lowest BCUT2D eigenvalue weighted by Gasteiger charge is -2.30. The van der Waals surface area contributed by atoms with Gasteiger partial charge in [0, 0.05) is 57.0 Å². The molecule has 0 saturated heterocycles. The fourth-order valence-corrected chi connectivity index (χ4v) is 7.67. The van der Waals surface area contributed by atoms with E-state index in [-0.39, 0.29) is 29.9 Å². The number of nitrogens with one attached hydrogen (secondary N) is 3. The van der Waals surface area contributed by atoms with Crippen LogP contribution in [-0.4, -0.2) is 200 Å². The van der Waals surface area contributed by atoms with E-state index in [9.17, 15) is 27.4 Å². The fraction of sp³-hybridized carbons (Fsp3) is 0.688. The molecule has 68 heavy (non-hydrogen) atoms. The van der Waals surface area contributed by atoms with Crippen molar-refractivity contribution >= 4 is 28.0 Å². The van der Waals surface area contributed by atoms with Crippen LogP contribution in [0.5, 0.6) is 0 Å². The third kappa shape index (κ3) is 28.6. The van der Waals surface area contributed by atoms with E-state index in [0.29, 0.717) is 169 Å². The molecule has 2 aromatic carbocycles. The number of carbonyl (C=O) groups excluding carboxylic acids is 3. The van der Waals surface area contributed by atoms with Gasteiger partial charge in [0.15, 0.2) is 0 Å². The third-order valence-corrected chi connectivity index (χ3v) is 11.5. The van der Waals surface area contributed by atoms with Crippen molar-refractivity contribution in [2.75, 3.05) is 165 Å². The highest BCUT2D eigenvalue weighted by Crippen LogP contribution is 2.44. The zero-order valence-electron chi connectivity index (χ0n) is 40.4. The van der Waals surface area contributed by atoms with E-state index < -0.39 is 16.2 Å². The summed E-state index contributed by atoms with van der Waals surface area (Å²) < 4.78 is 82.4. The minimum atomic E-state index is -4.20. The molecule has 0 spiro atoms. The monoisotopic (exact) mass is 983 g/mol. The standard InChI is InChI=1S/C48H78N4O15S/c1-52(2,22-11-39-68(56,57)58)21-10-16-46(53)50-20-24-60-26-28-62-30-32-64-34-36-66-38-37-65-35-33-63-31-29-61-27-25-59-23-17-47(54)49-18-8-3-9-19-51-48(55)67-40-45-43-14-6-4-12-41(43)42-13-5-7-15-44(42)45/h4-7,12-15,45H,3,8-11,16-40H2,1-2H3,(H3-,49,50,51,53,54,55,56,57,58). The lowest BCUT2D eigenvalue weighted by Crippen LogP contribution is -2.42. The van der Waals surface area contributed by atoms with Crippen LogP contribution in [0.25, 0.3) is 11.1 Å². The molecule has 0 unspecified atom stereocenters. The molecule has 0 heterocycles. The van der Waals surface area contributed by atoms with Crippen LogP contribution >= 0.6 is 0 Å². The van der Waals surface area contributed by atoms with Crippen LogP contribution in [0.4, 0.5) is 4.79 Å². The van der Waals surface area contributed by atoms with Crippen LogP contribution in [-0.2, 0) is 62.3 Å². The highest BCUT2D eigenvalue weighted by Gasteiger charge is 2.29. The number of alkyl carbamates (subject to hydrolysis) is 1. The van der Waals surface area contributed by atoms with Gasteiger partial charge in [0.2, 0.25) is 11.8 Å². The molecule has 1 aliphatic rings. The summed E-state index contributed by atoms with van der Waals surface area (Å²) in [6.07, 6.45) is 3.67. The van der Waals surface area contributed by atoms with E-state index in [2.05, 4.69) is 40.2 Å². The lowest BCUT2D eigenvalue weighted by molar-refractivity contribution is -0.890. The Labute approximate surface area is 403 Å². The Kier molecular flexibility index (Phi) is 31.1. The van der Waals surface area contributed by atoms with Crippen LogP contribution in [0, 0.1) is 0 Å². The Morgan fingerprint density at radius 2 is 0.926 bits per heavy atom. The van der Waals surface area contributed by atoms with Gasteiger partial charge in [-0.1, -0.05) is 48.5 Å². The average Bonchev–Trinajstić information content (AvgIpc) is 3.63. The predicted molar refractivity (Wildman–Crippen MR) is 254 cm³/mol. The van der Waals surface area contributed by atoms with Crippen LogP contribution < -0.4 is 16.0 Å². The highest BCUT2D eigenvalue weighted by atomic mass is 32.2. The number of amides is 3. The molecule has 0 saturated carbocycles. The zero-order valence-corrected chi connectivity index (χ0v) is 41.2. The molecule has 3 rings (SSSR count). The summed E-state index contributed by atoms with van der Waals surface area (Å²) in [5, 5.41) is 8.56. The van der Waals surface area contributed by atoms with Crippen molar-refractivity contribution in [3.63, 3.8) is 0 Å². The maximum absolute atomic E-state index is 12.3. The number of quaternary nitrogens is 1. The van der Waals surface area contributed by atoms with Gasteiger partial charge in [0.05, 0.1) is 143 Å². The van der Waals surface area contributed by atoms with Crippen molar-refractivity contribution in [3.8, 4) is 11.1 Å². The first-order valence-corrected chi connectivity index (χ1v) is 25.5. The average molecular weight is 983 g/mol. The van der Waals surface area contributed by atoms with E-state index in [0.717, 1.165) is 19.3 Å². The molecule has 386 valence electrons. The quantitative estimate of drug-likeness (QED) is 0.0493. The Hall–Kier alpha value is -3.80. The van der Waals surface area contributed by atoms with E-state index in [4.69, 9.17) is 42.6 Å². The molecule has 1 aliphatic carbocycles. The van der Waals surface area contributed by atoms with Crippen LogP contribution in [0.3, 0.4) is 0 Å². The summed E-state index contributed by atoms with van der Waals surface area (Å²) in [7, 11) is -0.297. The first kappa shape index (κ1) is 58.5. The number of carbonyl (C=O) groups is 3. The first-order chi connectivity index (χ1) is 33.0. The van der Waals surface area contributed by atoms with Gasteiger partial charge >= 0.3 is 6.09 Å². The highest BCUT2D eigenvalue weighted by molar-refractivity contribution is 7.85. The lowest BCUT2D eigenvalue weighted by atomic mass is 9.98. The smallest absolute Gasteiger partial charge is 0.407 e. The third-order valence-electron chi connectivity index (χ3n) is 10.8. The van der Waals surface area contributed by atoms with Gasteiger partial charge in [-0.25, -0.2) is 13.2 Å². The van der Waals surface area contributed by atoms with Gasteiger partial charge in [-0.2, -0.15) is 0 Å². The van der Waals surface area contributed by atoms with Crippen molar-refractivity contribution < 1.29 is 74.5 Å². The normalized spacial score (nSPS) is 12.5. The summed E-state index contributed by atoms with van der Waals surface area (Å²) in [5.41, 5.74) is 4.76. The van der Waals surface area contributed by atoms with E-state index in [1.54, 1.807) is 0 Å². The number of hydrogen-bond acceptors (Lipinski definition) is 15. The number of unbranched alkanes of at least 4 members (excludes halogenated alkanes) is 2. The number of rotatable bonds is 43. The van der Waals surface area contributed by atoms with Crippen LogP contribution in [0.15, 0.2) is 48.5 Å². The van der Waals surface area contributed by atoms with Crippen molar-refractivity contribution in [3.05, 3.63) is 59.7 Å². The Bertz CT molecular complexity index is 1740. The Morgan fingerprint density at radius 1 is 0.515 bits per heavy atom. The number of fused-ring (bicyclic) bond motifs is 3. The topological polar surface area (TPSA) is 228 Å². The minimum Gasteiger partial charge on any atom is -0.748 e. The van der Waals surface area contributed by atoms with Gasteiger partial charge < -0.3 is 67.6 Å². The first-order valence-electron chi connectivity index (χ1n) is 23.9.